The van der Waals surface area contributed by atoms with Crippen LogP contribution in [-0.4, -0.2) is 12.1 Å². The van der Waals surface area contributed by atoms with E-state index in [2.05, 4.69) is 4.98 Å². The topological polar surface area (TPSA) is 31.4 Å². The molecule has 0 aliphatic carbocycles. The van der Waals surface area contributed by atoms with Crippen molar-refractivity contribution in [2.75, 3.05) is 7.11 Å². The maximum absolute atomic E-state index is 13.6. The Balaban J connectivity index is 2.08. The Labute approximate surface area is 118 Å². The molecular formula is C16H18FNO2. The van der Waals surface area contributed by atoms with Crippen molar-refractivity contribution >= 4 is 0 Å². The van der Waals surface area contributed by atoms with Crippen LogP contribution < -0.4 is 9.47 Å². The van der Waals surface area contributed by atoms with Gasteiger partial charge in [0.1, 0.15) is 23.9 Å². The predicted molar refractivity (Wildman–Crippen MR) is 75.6 cm³/mol. The van der Waals surface area contributed by atoms with Gasteiger partial charge in [0.2, 0.25) is 0 Å². The lowest BCUT2D eigenvalue weighted by Crippen LogP contribution is -2.00. The summed E-state index contributed by atoms with van der Waals surface area (Å²) in [5.74, 6) is 1.29. The third kappa shape index (κ3) is 3.47. The van der Waals surface area contributed by atoms with Crippen molar-refractivity contribution in [2.45, 2.75) is 26.4 Å². The Morgan fingerprint density at radius 3 is 2.65 bits per heavy atom. The van der Waals surface area contributed by atoms with E-state index in [9.17, 15) is 4.39 Å². The van der Waals surface area contributed by atoms with E-state index in [4.69, 9.17) is 9.47 Å². The molecule has 0 amide bonds. The minimum absolute atomic E-state index is 0.119. The predicted octanol–water partition coefficient (Wildman–Crippen LogP) is 3.93. The van der Waals surface area contributed by atoms with Gasteiger partial charge in [-0.05, 0) is 35.7 Å². The number of benzene rings is 1. The van der Waals surface area contributed by atoms with Gasteiger partial charge < -0.3 is 9.47 Å². The summed E-state index contributed by atoms with van der Waals surface area (Å²) in [6.07, 6.45) is 1.67. The summed E-state index contributed by atoms with van der Waals surface area (Å²) >= 11 is 0. The average Bonchev–Trinajstić information content (AvgIpc) is 2.46. The van der Waals surface area contributed by atoms with Crippen LogP contribution in [0.4, 0.5) is 4.39 Å². The van der Waals surface area contributed by atoms with Crippen molar-refractivity contribution in [1.82, 2.24) is 4.98 Å². The monoisotopic (exact) mass is 275 g/mol. The van der Waals surface area contributed by atoms with E-state index < -0.39 is 0 Å². The van der Waals surface area contributed by atoms with Crippen molar-refractivity contribution in [3.63, 3.8) is 0 Å². The van der Waals surface area contributed by atoms with Crippen molar-refractivity contribution in [3.05, 3.63) is 53.6 Å². The highest BCUT2D eigenvalue weighted by Gasteiger charge is 2.08. The van der Waals surface area contributed by atoms with Crippen molar-refractivity contribution in [1.29, 1.82) is 0 Å². The third-order valence-electron chi connectivity index (χ3n) is 3.00. The molecule has 0 radical (unpaired) electrons. The molecule has 20 heavy (non-hydrogen) atoms. The number of ether oxygens (including phenoxy) is 2. The Bertz CT molecular complexity index is 584. The maximum atomic E-state index is 13.6. The minimum Gasteiger partial charge on any atom is -0.497 e. The van der Waals surface area contributed by atoms with E-state index >= 15 is 0 Å². The van der Waals surface area contributed by atoms with Crippen LogP contribution in [0.25, 0.3) is 0 Å². The lowest BCUT2D eigenvalue weighted by atomic mass is 10.0. The summed E-state index contributed by atoms with van der Waals surface area (Å²) in [6, 6.07) is 8.39. The largest absolute Gasteiger partial charge is 0.497 e. The lowest BCUT2D eigenvalue weighted by molar-refractivity contribution is 0.299. The van der Waals surface area contributed by atoms with Gasteiger partial charge in [0.05, 0.1) is 12.8 Å². The Kier molecular flexibility index (Phi) is 4.56. The number of rotatable bonds is 5. The zero-order valence-electron chi connectivity index (χ0n) is 11.9. The number of hydrogen-bond donors (Lipinski definition) is 0. The van der Waals surface area contributed by atoms with Crippen LogP contribution in [0.15, 0.2) is 36.5 Å². The Morgan fingerprint density at radius 1 is 1.15 bits per heavy atom. The van der Waals surface area contributed by atoms with Crippen molar-refractivity contribution in [3.8, 4) is 11.5 Å². The number of nitrogens with zero attached hydrogens (tertiary/aromatic N) is 1. The second kappa shape index (κ2) is 6.37. The standard InChI is InChI=1S/C16H18FNO2/c1-11(2)15-9-14(4-5-16(15)17)20-10-12-8-13(19-3)6-7-18-12/h4-9,11H,10H2,1-3H3. The van der Waals surface area contributed by atoms with Crippen LogP contribution in [0.3, 0.4) is 0 Å². The molecule has 4 heteroatoms. The van der Waals surface area contributed by atoms with Gasteiger partial charge in [-0.3, -0.25) is 4.98 Å². The Morgan fingerprint density at radius 2 is 1.95 bits per heavy atom. The summed E-state index contributed by atoms with van der Waals surface area (Å²) in [4.78, 5) is 4.20. The maximum Gasteiger partial charge on any atom is 0.130 e. The second-order valence-corrected chi connectivity index (χ2v) is 4.81. The van der Waals surface area contributed by atoms with Crippen LogP contribution in [0.1, 0.15) is 31.0 Å². The highest BCUT2D eigenvalue weighted by atomic mass is 19.1. The van der Waals surface area contributed by atoms with Gasteiger partial charge in [0.25, 0.3) is 0 Å². The fourth-order valence-corrected chi connectivity index (χ4v) is 1.87. The normalized spacial score (nSPS) is 10.7. The number of hydrogen-bond acceptors (Lipinski definition) is 3. The van der Waals surface area contributed by atoms with Gasteiger partial charge in [-0.1, -0.05) is 13.8 Å². The first-order valence-corrected chi connectivity index (χ1v) is 6.51. The van der Waals surface area contributed by atoms with Crippen molar-refractivity contribution < 1.29 is 13.9 Å². The van der Waals surface area contributed by atoms with Gasteiger partial charge in [0, 0.05) is 12.3 Å². The highest BCUT2D eigenvalue weighted by molar-refractivity contribution is 5.32. The van der Waals surface area contributed by atoms with Gasteiger partial charge in [-0.15, -0.1) is 0 Å². The fourth-order valence-electron chi connectivity index (χ4n) is 1.87. The summed E-state index contributed by atoms with van der Waals surface area (Å²) in [7, 11) is 1.61. The SMILES string of the molecule is COc1ccnc(COc2ccc(F)c(C(C)C)c2)c1. The summed E-state index contributed by atoms with van der Waals surface area (Å²) in [5, 5.41) is 0. The van der Waals surface area contributed by atoms with Crippen LogP contribution >= 0.6 is 0 Å². The summed E-state index contributed by atoms with van der Waals surface area (Å²) in [6.45, 7) is 4.22. The number of methoxy groups -OCH3 is 1. The molecule has 0 bridgehead atoms. The molecule has 0 aliphatic heterocycles. The molecule has 1 heterocycles. The molecule has 1 aromatic heterocycles. The number of halogens is 1. The minimum atomic E-state index is -0.202. The van der Waals surface area contributed by atoms with Gasteiger partial charge in [-0.2, -0.15) is 0 Å². The van der Waals surface area contributed by atoms with E-state index in [-0.39, 0.29) is 11.7 Å². The van der Waals surface area contributed by atoms with Gasteiger partial charge in [-0.25, -0.2) is 4.39 Å². The third-order valence-corrected chi connectivity index (χ3v) is 3.00. The molecule has 106 valence electrons. The zero-order chi connectivity index (χ0) is 14.5. The first-order chi connectivity index (χ1) is 9.60. The fraction of sp³-hybridized carbons (Fsp3) is 0.312. The molecule has 1 aromatic carbocycles. The molecule has 3 nitrogen and oxygen atoms in total. The summed E-state index contributed by atoms with van der Waals surface area (Å²) in [5.41, 5.74) is 1.42. The number of aromatic nitrogens is 1. The molecule has 0 saturated heterocycles. The average molecular weight is 275 g/mol. The molecule has 0 spiro atoms. The van der Waals surface area contributed by atoms with Crippen LogP contribution in [0.5, 0.6) is 11.5 Å². The van der Waals surface area contributed by atoms with E-state index in [1.165, 1.54) is 6.07 Å². The highest BCUT2D eigenvalue weighted by Crippen LogP contribution is 2.24. The lowest BCUT2D eigenvalue weighted by Gasteiger charge is -2.11. The zero-order valence-corrected chi connectivity index (χ0v) is 11.9. The quantitative estimate of drug-likeness (QED) is 0.828. The van der Waals surface area contributed by atoms with Gasteiger partial charge in [0.15, 0.2) is 0 Å². The van der Waals surface area contributed by atoms with E-state index in [0.717, 1.165) is 11.4 Å². The molecule has 0 atom stereocenters. The molecular weight excluding hydrogens is 257 g/mol. The van der Waals surface area contributed by atoms with E-state index in [1.54, 1.807) is 31.5 Å². The van der Waals surface area contributed by atoms with Crippen LogP contribution in [0.2, 0.25) is 0 Å². The Hall–Kier alpha value is -2.10. The molecule has 2 rings (SSSR count). The first kappa shape index (κ1) is 14.3. The van der Waals surface area contributed by atoms with E-state index in [0.29, 0.717) is 17.9 Å². The molecule has 0 unspecified atom stereocenters. The van der Waals surface area contributed by atoms with Crippen molar-refractivity contribution in [2.24, 2.45) is 0 Å². The smallest absolute Gasteiger partial charge is 0.130 e. The molecule has 0 saturated carbocycles. The van der Waals surface area contributed by atoms with Crippen LogP contribution in [-0.2, 0) is 6.61 Å². The first-order valence-electron chi connectivity index (χ1n) is 6.51. The summed E-state index contributed by atoms with van der Waals surface area (Å²) < 4.78 is 24.4. The van der Waals surface area contributed by atoms with Gasteiger partial charge >= 0.3 is 0 Å². The van der Waals surface area contributed by atoms with Crippen LogP contribution in [0, 0.1) is 5.82 Å². The van der Waals surface area contributed by atoms with E-state index in [1.807, 2.05) is 19.9 Å². The molecule has 0 fully saturated rings. The number of pyridine rings is 1. The molecule has 2 aromatic rings. The second-order valence-electron chi connectivity index (χ2n) is 4.81. The molecule has 0 N–H and O–H groups in total. The molecule has 0 aliphatic rings.